The van der Waals surface area contributed by atoms with Gasteiger partial charge in [0, 0.05) is 6.54 Å². The van der Waals surface area contributed by atoms with E-state index in [1.807, 2.05) is 18.2 Å². The standard InChI is InChI=1S/C17H16ClF3N2O2/c1-25-15-5-3-2-4-11(15)8-9-22-16(24)23-14-10-12(17(19,20)21)6-7-13(14)18/h2-7,10H,8-9H2,1H3,(H2,22,23,24). The molecule has 0 aromatic heterocycles. The van der Waals surface area contributed by atoms with Crippen molar-refractivity contribution in [2.45, 2.75) is 12.6 Å². The van der Waals surface area contributed by atoms with E-state index in [2.05, 4.69) is 10.6 Å². The van der Waals surface area contributed by atoms with Gasteiger partial charge >= 0.3 is 12.2 Å². The SMILES string of the molecule is COc1ccccc1CCNC(=O)Nc1cc(C(F)(F)F)ccc1Cl. The van der Waals surface area contributed by atoms with Crippen LogP contribution in [-0.4, -0.2) is 19.7 Å². The van der Waals surface area contributed by atoms with Gasteiger partial charge in [0.15, 0.2) is 0 Å². The number of nitrogens with one attached hydrogen (secondary N) is 2. The van der Waals surface area contributed by atoms with E-state index in [0.717, 1.165) is 23.8 Å². The topological polar surface area (TPSA) is 50.4 Å². The van der Waals surface area contributed by atoms with Crippen LogP contribution in [0.2, 0.25) is 5.02 Å². The number of ether oxygens (including phenoxy) is 1. The number of carbonyl (C=O) groups is 1. The maximum Gasteiger partial charge on any atom is 0.416 e. The molecule has 0 radical (unpaired) electrons. The van der Waals surface area contributed by atoms with Gasteiger partial charge in [-0.05, 0) is 36.2 Å². The average Bonchev–Trinajstić information content (AvgIpc) is 2.56. The predicted molar refractivity (Wildman–Crippen MR) is 90.2 cm³/mol. The van der Waals surface area contributed by atoms with Crippen molar-refractivity contribution in [3.8, 4) is 5.75 Å². The van der Waals surface area contributed by atoms with Gasteiger partial charge in [-0.15, -0.1) is 0 Å². The van der Waals surface area contributed by atoms with E-state index >= 15 is 0 Å². The van der Waals surface area contributed by atoms with Gasteiger partial charge in [0.05, 0.1) is 23.4 Å². The van der Waals surface area contributed by atoms with E-state index in [1.165, 1.54) is 0 Å². The highest BCUT2D eigenvalue weighted by Gasteiger charge is 2.31. The van der Waals surface area contributed by atoms with E-state index in [4.69, 9.17) is 16.3 Å². The molecule has 0 spiro atoms. The highest BCUT2D eigenvalue weighted by atomic mass is 35.5. The lowest BCUT2D eigenvalue weighted by molar-refractivity contribution is -0.137. The molecule has 2 aromatic carbocycles. The molecule has 2 aromatic rings. The normalized spacial score (nSPS) is 11.1. The van der Waals surface area contributed by atoms with Crippen molar-refractivity contribution in [2.24, 2.45) is 0 Å². The second-order valence-corrected chi connectivity index (χ2v) is 5.54. The van der Waals surface area contributed by atoms with Crippen molar-refractivity contribution in [1.29, 1.82) is 0 Å². The zero-order chi connectivity index (χ0) is 18.4. The number of halogens is 4. The Labute approximate surface area is 147 Å². The summed E-state index contributed by atoms with van der Waals surface area (Å²) in [5, 5.41) is 4.92. The monoisotopic (exact) mass is 372 g/mol. The summed E-state index contributed by atoms with van der Waals surface area (Å²) in [6.45, 7) is 0.281. The smallest absolute Gasteiger partial charge is 0.416 e. The summed E-state index contributed by atoms with van der Waals surface area (Å²) in [4.78, 5) is 11.9. The Hall–Kier alpha value is -2.41. The second kappa shape index (κ2) is 8.11. The number of rotatable bonds is 5. The Morgan fingerprint density at radius 2 is 1.92 bits per heavy atom. The molecule has 2 N–H and O–H groups in total. The molecule has 0 aliphatic carbocycles. The molecule has 0 heterocycles. The van der Waals surface area contributed by atoms with Crippen molar-refractivity contribution in [1.82, 2.24) is 5.32 Å². The zero-order valence-corrected chi connectivity index (χ0v) is 14.0. The first-order chi connectivity index (χ1) is 11.8. The van der Waals surface area contributed by atoms with Crippen LogP contribution in [0, 0.1) is 0 Å². The van der Waals surface area contributed by atoms with Gasteiger partial charge < -0.3 is 15.4 Å². The maximum atomic E-state index is 12.7. The van der Waals surface area contributed by atoms with E-state index in [0.29, 0.717) is 12.2 Å². The van der Waals surface area contributed by atoms with Gasteiger partial charge in [-0.3, -0.25) is 0 Å². The molecular formula is C17H16ClF3N2O2. The van der Waals surface area contributed by atoms with Crippen LogP contribution in [0.15, 0.2) is 42.5 Å². The first kappa shape index (κ1) is 18.9. The van der Waals surface area contributed by atoms with Crippen molar-refractivity contribution in [3.63, 3.8) is 0 Å². The minimum absolute atomic E-state index is 0.0212. The number of methoxy groups -OCH3 is 1. The highest BCUT2D eigenvalue weighted by Crippen LogP contribution is 2.33. The van der Waals surface area contributed by atoms with Crippen LogP contribution >= 0.6 is 11.6 Å². The Balaban J connectivity index is 1.94. The number of amides is 2. The summed E-state index contributed by atoms with van der Waals surface area (Å²) in [5.74, 6) is 0.700. The molecule has 0 saturated heterocycles. The van der Waals surface area contributed by atoms with Crippen LogP contribution < -0.4 is 15.4 Å². The molecular weight excluding hydrogens is 357 g/mol. The summed E-state index contributed by atoms with van der Waals surface area (Å²) in [7, 11) is 1.55. The van der Waals surface area contributed by atoms with E-state index in [9.17, 15) is 18.0 Å². The fraction of sp³-hybridized carbons (Fsp3) is 0.235. The lowest BCUT2D eigenvalue weighted by Crippen LogP contribution is -2.30. The number of hydrogen-bond donors (Lipinski definition) is 2. The lowest BCUT2D eigenvalue weighted by atomic mass is 10.1. The highest BCUT2D eigenvalue weighted by molar-refractivity contribution is 6.33. The molecule has 4 nitrogen and oxygen atoms in total. The van der Waals surface area contributed by atoms with Crippen LogP contribution in [0.3, 0.4) is 0 Å². The van der Waals surface area contributed by atoms with Crippen molar-refractivity contribution >= 4 is 23.3 Å². The van der Waals surface area contributed by atoms with Gasteiger partial charge in [0.25, 0.3) is 0 Å². The Morgan fingerprint density at radius 1 is 1.20 bits per heavy atom. The molecule has 2 rings (SSSR count). The fourth-order valence-electron chi connectivity index (χ4n) is 2.18. The number of alkyl halides is 3. The van der Waals surface area contributed by atoms with Crippen molar-refractivity contribution in [2.75, 3.05) is 19.0 Å². The number of carbonyl (C=O) groups excluding carboxylic acids is 1. The molecule has 134 valence electrons. The molecule has 0 saturated carbocycles. The van der Waals surface area contributed by atoms with Gasteiger partial charge in [-0.1, -0.05) is 29.8 Å². The van der Waals surface area contributed by atoms with E-state index < -0.39 is 17.8 Å². The van der Waals surface area contributed by atoms with Gasteiger partial charge in [-0.25, -0.2) is 4.79 Å². The lowest BCUT2D eigenvalue weighted by Gasteiger charge is -2.13. The zero-order valence-electron chi connectivity index (χ0n) is 13.3. The molecule has 0 bridgehead atoms. The number of para-hydroxylation sites is 1. The van der Waals surface area contributed by atoms with Crippen molar-refractivity contribution < 1.29 is 22.7 Å². The minimum Gasteiger partial charge on any atom is -0.496 e. The molecule has 0 unspecified atom stereocenters. The van der Waals surface area contributed by atoms with Crippen LogP contribution in [0.1, 0.15) is 11.1 Å². The Bertz CT molecular complexity index is 751. The first-order valence-electron chi connectivity index (χ1n) is 7.34. The van der Waals surface area contributed by atoms with Gasteiger partial charge in [-0.2, -0.15) is 13.2 Å². The summed E-state index contributed by atoms with van der Waals surface area (Å²) in [6, 6.07) is 9.44. The van der Waals surface area contributed by atoms with Crippen LogP contribution in [0.5, 0.6) is 5.75 Å². The second-order valence-electron chi connectivity index (χ2n) is 5.14. The average molecular weight is 373 g/mol. The summed E-state index contributed by atoms with van der Waals surface area (Å²) >= 11 is 5.83. The molecule has 2 amide bonds. The number of urea groups is 1. The van der Waals surface area contributed by atoms with Gasteiger partial charge in [0.1, 0.15) is 5.75 Å². The minimum atomic E-state index is -4.51. The third-order valence-corrected chi connectivity index (χ3v) is 3.74. The number of benzene rings is 2. The van der Waals surface area contributed by atoms with Crippen LogP contribution in [0.4, 0.5) is 23.7 Å². The van der Waals surface area contributed by atoms with E-state index in [1.54, 1.807) is 13.2 Å². The van der Waals surface area contributed by atoms with E-state index in [-0.39, 0.29) is 17.3 Å². The molecule has 0 aliphatic heterocycles. The van der Waals surface area contributed by atoms with Gasteiger partial charge in [0.2, 0.25) is 0 Å². The Morgan fingerprint density at radius 3 is 2.60 bits per heavy atom. The largest absolute Gasteiger partial charge is 0.496 e. The number of anilines is 1. The first-order valence-corrected chi connectivity index (χ1v) is 7.72. The van der Waals surface area contributed by atoms with Crippen LogP contribution in [0.25, 0.3) is 0 Å². The molecule has 0 fully saturated rings. The summed E-state index contributed by atoms with van der Waals surface area (Å²) in [5.41, 5.74) is -0.0880. The molecule has 0 atom stereocenters. The third kappa shape index (κ3) is 5.29. The third-order valence-electron chi connectivity index (χ3n) is 3.41. The fourth-order valence-corrected chi connectivity index (χ4v) is 2.35. The van der Waals surface area contributed by atoms with Crippen LogP contribution in [-0.2, 0) is 12.6 Å². The summed E-state index contributed by atoms with van der Waals surface area (Å²) < 4.78 is 43.4. The quantitative estimate of drug-likeness (QED) is 0.797. The molecule has 25 heavy (non-hydrogen) atoms. The maximum absolute atomic E-state index is 12.7. The summed E-state index contributed by atoms with van der Waals surface area (Å²) in [6.07, 6.45) is -4.00. The molecule has 0 aliphatic rings. The number of hydrogen-bond acceptors (Lipinski definition) is 2. The predicted octanol–water partition coefficient (Wildman–Crippen LogP) is 4.73. The van der Waals surface area contributed by atoms with Crippen molar-refractivity contribution in [3.05, 3.63) is 58.6 Å². The molecule has 8 heteroatoms. The Kier molecular flexibility index (Phi) is 6.14.